The van der Waals surface area contributed by atoms with Crippen molar-refractivity contribution in [1.29, 1.82) is 0 Å². The Morgan fingerprint density at radius 2 is 1.71 bits per heavy atom. The molecule has 0 spiro atoms. The standard InChI is InChI=1S/C16H22O4S/c1-2-4-13(15-17-6-7-18-15)14(16-19-8-9-20-16)11-12-5-3-10-21-12/h2-3,5,10,13-16H,1,4,6-9,11H2. The smallest absolute Gasteiger partial charge is 0.161 e. The van der Waals surface area contributed by atoms with Gasteiger partial charge in [-0.2, -0.15) is 0 Å². The van der Waals surface area contributed by atoms with Gasteiger partial charge in [0.2, 0.25) is 0 Å². The number of hydrogen-bond acceptors (Lipinski definition) is 5. The van der Waals surface area contributed by atoms with Crippen LogP contribution in [0, 0.1) is 11.8 Å². The van der Waals surface area contributed by atoms with Gasteiger partial charge in [-0.3, -0.25) is 0 Å². The maximum absolute atomic E-state index is 5.79. The van der Waals surface area contributed by atoms with E-state index in [1.54, 1.807) is 11.3 Å². The normalized spacial score (nSPS) is 23.4. The first-order chi connectivity index (χ1) is 10.4. The van der Waals surface area contributed by atoms with Crippen molar-refractivity contribution in [3.8, 4) is 0 Å². The van der Waals surface area contributed by atoms with Gasteiger partial charge in [-0.1, -0.05) is 12.1 Å². The molecule has 2 fully saturated rings. The summed E-state index contributed by atoms with van der Waals surface area (Å²) in [6, 6.07) is 4.24. The molecule has 2 unspecified atom stereocenters. The zero-order valence-electron chi connectivity index (χ0n) is 12.1. The van der Waals surface area contributed by atoms with E-state index in [2.05, 4.69) is 24.1 Å². The molecule has 2 atom stereocenters. The summed E-state index contributed by atoms with van der Waals surface area (Å²) in [5.74, 6) is 0.419. The second-order valence-electron chi connectivity index (χ2n) is 5.36. The van der Waals surface area contributed by atoms with Crippen LogP contribution < -0.4 is 0 Å². The molecular weight excluding hydrogens is 288 g/mol. The second-order valence-corrected chi connectivity index (χ2v) is 6.39. The molecule has 1 aromatic heterocycles. The lowest BCUT2D eigenvalue weighted by atomic mass is 9.85. The topological polar surface area (TPSA) is 36.9 Å². The molecule has 0 radical (unpaired) electrons. The zero-order valence-corrected chi connectivity index (χ0v) is 12.9. The van der Waals surface area contributed by atoms with Crippen LogP contribution in [0.1, 0.15) is 11.3 Å². The summed E-state index contributed by atoms with van der Waals surface area (Å²) < 4.78 is 23.1. The van der Waals surface area contributed by atoms with E-state index >= 15 is 0 Å². The highest BCUT2D eigenvalue weighted by Gasteiger charge is 2.39. The molecule has 0 N–H and O–H groups in total. The molecule has 2 saturated heterocycles. The third-order valence-corrected chi connectivity index (χ3v) is 4.90. The third-order valence-electron chi connectivity index (χ3n) is 4.00. The number of rotatable bonds is 7. The van der Waals surface area contributed by atoms with E-state index in [-0.39, 0.29) is 24.4 Å². The summed E-state index contributed by atoms with van der Waals surface area (Å²) in [4.78, 5) is 1.34. The fraction of sp³-hybridized carbons (Fsp3) is 0.625. The van der Waals surface area contributed by atoms with Gasteiger partial charge in [0, 0.05) is 16.7 Å². The molecule has 5 heteroatoms. The van der Waals surface area contributed by atoms with E-state index < -0.39 is 0 Å². The summed E-state index contributed by atoms with van der Waals surface area (Å²) in [6.45, 7) is 6.54. The van der Waals surface area contributed by atoms with Crippen LogP contribution in [0.3, 0.4) is 0 Å². The average Bonchev–Trinajstić information content (AvgIpc) is 3.26. The molecular formula is C16H22O4S. The van der Waals surface area contributed by atoms with Crippen LogP contribution in [0.2, 0.25) is 0 Å². The van der Waals surface area contributed by atoms with Crippen LogP contribution in [0.25, 0.3) is 0 Å². The van der Waals surface area contributed by atoms with Crippen LogP contribution >= 0.6 is 11.3 Å². The largest absolute Gasteiger partial charge is 0.350 e. The van der Waals surface area contributed by atoms with Gasteiger partial charge in [0.25, 0.3) is 0 Å². The Morgan fingerprint density at radius 3 is 2.24 bits per heavy atom. The summed E-state index contributed by atoms with van der Waals surface area (Å²) in [5, 5.41) is 2.10. The summed E-state index contributed by atoms with van der Waals surface area (Å²) in [5.41, 5.74) is 0. The molecule has 116 valence electrons. The van der Waals surface area contributed by atoms with E-state index in [0.717, 1.165) is 12.8 Å². The highest BCUT2D eigenvalue weighted by Crippen LogP contribution is 2.34. The van der Waals surface area contributed by atoms with Gasteiger partial charge in [0.05, 0.1) is 26.4 Å². The van der Waals surface area contributed by atoms with Gasteiger partial charge in [-0.15, -0.1) is 17.9 Å². The van der Waals surface area contributed by atoms with Gasteiger partial charge in [-0.25, -0.2) is 0 Å². The molecule has 2 aliphatic heterocycles. The minimum atomic E-state index is -0.180. The summed E-state index contributed by atoms with van der Waals surface area (Å²) in [7, 11) is 0. The van der Waals surface area contributed by atoms with Crippen molar-refractivity contribution in [2.45, 2.75) is 25.4 Å². The van der Waals surface area contributed by atoms with Crippen molar-refractivity contribution in [3.63, 3.8) is 0 Å². The maximum Gasteiger partial charge on any atom is 0.161 e. The van der Waals surface area contributed by atoms with E-state index in [1.165, 1.54) is 4.88 Å². The first kappa shape index (κ1) is 15.2. The molecule has 21 heavy (non-hydrogen) atoms. The lowest BCUT2D eigenvalue weighted by Gasteiger charge is -2.32. The Morgan fingerprint density at radius 1 is 1.10 bits per heavy atom. The molecule has 3 heterocycles. The summed E-state index contributed by atoms with van der Waals surface area (Å²) in [6.07, 6.45) is 3.34. The molecule has 0 aromatic carbocycles. The summed E-state index contributed by atoms with van der Waals surface area (Å²) >= 11 is 1.77. The van der Waals surface area contributed by atoms with Gasteiger partial charge in [0.1, 0.15) is 0 Å². The van der Waals surface area contributed by atoms with Crippen LogP contribution in [-0.4, -0.2) is 39.0 Å². The van der Waals surface area contributed by atoms with Crippen molar-refractivity contribution in [1.82, 2.24) is 0 Å². The van der Waals surface area contributed by atoms with E-state index in [4.69, 9.17) is 18.9 Å². The predicted octanol–water partition coefficient (Wildman–Crippen LogP) is 2.84. The monoisotopic (exact) mass is 310 g/mol. The SMILES string of the molecule is C=CCC(C1OCCO1)C(Cc1cccs1)C1OCCO1. The maximum atomic E-state index is 5.79. The fourth-order valence-corrected chi connectivity index (χ4v) is 3.82. The van der Waals surface area contributed by atoms with Gasteiger partial charge < -0.3 is 18.9 Å². The highest BCUT2D eigenvalue weighted by atomic mass is 32.1. The molecule has 2 aliphatic rings. The van der Waals surface area contributed by atoms with Crippen LogP contribution in [-0.2, 0) is 25.4 Å². The number of thiophene rings is 1. The fourth-order valence-electron chi connectivity index (χ4n) is 3.04. The molecule has 0 aliphatic carbocycles. The average molecular weight is 310 g/mol. The van der Waals surface area contributed by atoms with Crippen molar-refractivity contribution in [2.24, 2.45) is 11.8 Å². The Hall–Kier alpha value is -0.720. The predicted molar refractivity (Wildman–Crippen MR) is 81.2 cm³/mol. The number of hydrogen-bond donors (Lipinski definition) is 0. The molecule has 0 bridgehead atoms. The van der Waals surface area contributed by atoms with Crippen molar-refractivity contribution in [3.05, 3.63) is 35.0 Å². The second kappa shape index (κ2) is 7.51. The lowest BCUT2D eigenvalue weighted by Crippen LogP contribution is -2.37. The van der Waals surface area contributed by atoms with Crippen molar-refractivity contribution in [2.75, 3.05) is 26.4 Å². The Kier molecular flexibility index (Phi) is 5.43. The minimum Gasteiger partial charge on any atom is -0.350 e. The Labute approximate surface area is 129 Å². The zero-order chi connectivity index (χ0) is 14.5. The Balaban J connectivity index is 1.77. The molecule has 0 saturated carbocycles. The Bertz CT molecular complexity index is 421. The van der Waals surface area contributed by atoms with Gasteiger partial charge in [-0.05, 0) is 24.3 Å². The molecule has 3 rings (SSSR count). The van der Waals surface area contributed by atoms with Crippen molar-refractivity contribution >= 4 is 11.3 Å². The van der Waals surface area contributed by atoms with E-state index in [1.807, 2.05) is 6.08 Å². The number of ether oxygens (including phenoxy) is 4. The van der Waals surface area contributed by atoms with Crippen molar-refractivity contribution < 1.29 is 18.9 Å². The molecule has 4 nitrogen and oxygen atoms in total. The number of allylic oxidation sites excluding steroid dienone is 1. The quantitative estimate of drug-likeness (QED) is 0.726. The highest BCUT2D eigenvalue weighted by molar-refractivity contribution is 7.09. The van der Waals surface area contributed by atoms with E-state index in [9.17, 15) is 0 Å². The van der Waals surface area contributed by atoms with Gasteiger partial charge >= 0.3 is 0 Å². The van der Waals surface area contributed by atoms with Crippen LogP contribution in [0.5, 0.6) is 0 Å². The first-order valence-electron chi connectivity index (χ1n) is 7.48. The van der Waals surface area contributed by atoms with E-state index in [0.29, 0.717) is 26.4 Å². The molecule has 0 amide bonds. The van der Waals surface area contributed by atoms with Gasteiger partial charge in [0.15, 0.2) is 12.6 Å². The van der Waals surface area contributed by atoms with Crippen LogP contribution in [0.15, 0.2) is 30.2 Å². The first-order valence-corrected chi connectivity index (χ1v) is 8.36. The molecule has 1 aromatic rings. The third kappa shape index (κ3) is 3.73. The minimum absolute atomic E-state index is 0.176. The lowest BCUT2D eigenvalue weighted by molar-refractivity contribution is -0.155. The van der Waals surface area contributed by atoms with Crippen LogP contribution in [0.4, 0.5) is 0 Å².